The lowest BCUT2D eigenvalue weighted by Crippen LogP contribution is -2.10. The fraction of sp³-hybridized carbons (Fsp3) is 0.316. The van der Waals surface area contributed by atoms with E-state index in [-0.39, 0.29) is 5.92 Å². The van der Waals surface area contributed by atoms with Gasteiger partial charge in [-0.3, -0.25) is 0 Å². The van der Waals surface area contributed by atoms with E-state index in [1.807, 2.05) is 12.3 Å². The fourth-order valence-electron chi connectivity index (χ4n) is 2.95. The standard InChI is InChI=1S/C19H22N4O2/c1-12-6-5-7-15(13(12)2)16(17-10-20-11-21-17)8-14-9-18(24-3)23-19(22-14)25-4/h5-7,9-11,16H,8H2,1-4H3,(H,20,21). The Balaban J connectivity index is 2.04. The van der Waals surface area contributed by atoms with Crippen LogP contribution in [0.15, 0.2) is 36.8 Å². The quantitative estimate of drug-likeness (QED) is 0.747. The number of rotatable bonds is 6. The summed E-state index contributed by atoms with van der Waals surface area (Å²) in [5.74, 6) is 0.595. The van der Waals surface area contributed by atoms with Gasteiger partial charge in [0.2, 0.25) is 5.88 Å². The summed E-state index contributed by atoms with van der Waals surface area (Å²) in [6, 6.07) is 8.51. The third kappa shape index (κ3) is 3.63. The Morgan fingerprint density at radius 1 is 1.12 bits per heavy atom. The normalized spacial score (nSPS) is 12.0. The van der Waals surface area contributed by atoms with Crippen molar-refractivity contribution in [1.29, 1.82) is 0 Å². The Labute approximate surface area is 147 Å². The average Bonchev–Trinajstić information content (AvgIpc) is 3.16. The number of ether oxygens (including phenoxy) is 2. The number of aromatic nitrogens is 4. The Hall–Kier alpha value is -2.89. The molecule has 2 heterocycles. The minimum atomic E-state index is 0.103. The predicted octanol–water partition coefficient (Wildman–Crippen LogP) is 3.21. The number of nitrogens with zero attached hydrogens (tertiary/aromatic N) is 3. The lowest BCUT2D eigenvalue weighted by molar-refractivity contribution is 0.349. The zero-order valence-corrected chi connectivity index (χ0v) is 14.9. The minimum Gasteiger partial charge on any atom is -0.481 e. The molecule has 6 nitrogen and oxygen atoms in total. The van der Waals surface area contributed by atoms with E-state index in [0.29, 0.717) is 18.3 Å². The van der Waals surface area contributed by atoms with E-state index in [9.17, 15) is 0 Å². The van der Waals surface area contributed by atoms with E-state index in [4.69, 9.17) is 9.47 Å². The van der Waals surface area contributed by atoms with Crippen LogP contribution in [-0.2, 0) is 6.42 Å². The zero-order valence-electron chi connectivity index (χ0n) is 14.9. The molecule has 6 heteroatoms. The molecule has 0 aliphatic heterocycles. The molecule has 0 amide bonds. The van der Waals surface area contributed by atoms with Crippen LogP contribution in [-0.4, -0.2) is 34.2 Å². The fourth-order valence-corrected chi connectivity index (χ4v) is 2.95. The van der Waals surface area contributed by atoms with Crippen molar-refractivity contribution in [1.82, 2.24) is 19.9 Å². The SMILES string of the molecule is COc1cc(CC(c2cnc[nH]2)c2cccc(C)c2C)nc(OC)n1. The number of imidazole rings is 1. The Kier molecular flexibility index (Phi) is 4.97. The molecule has 0 aliphatic carbocycles. The van der Waals surface area contributed by atoms with E-state index < -0.39 is 0 Å². The molecular weight excluding hydrogens is 316 g/mol. The monoisotopic (exact) mass is 338 g/mol. The van der Waals surface area contributed by atoms with Crippen molar-refractivity contribution in [3.8, 4) is 11.9 Å². The molecular formula is C19H22N4O2. The molecule has 0 aliphatic rings. The van der Waals surface area contributed by atoms with Crippen LogP contribution >= 0.6 is 0 Å². The predicted molar refractivity (Wildman–Crippen MR) is 95.2 cm³/mol. The van der Waals surface area contributed by atoms with Gasteiger partial charge in [-0.1, -0.05) is 18.2 Å². The molecule has 2 aromatic heterocycles. The third-order valence-electron chi connectivity index (χ3n) is 4.46. The van der Waals surface area contributed by atoms with Gasteiger partial charge < -0.3 is 14.5 Å². The van der Waals surface area contributed by atoms with Gasteiger partial charge in [-0.25, -0.2) is 4.98 Å². The largest absolute Gasteiger partial charge is 0.481 e. The molecule has 0 saturated heterocycles. The minimum absolute atomic E-state index is 0.103. The van der Waals surface area contributed by atoms with Crippen LogP contribution in [0.2, 0.25) is 0 Å². The molecule has 3 aromatic rings. The summed E-state index contributed by atoms with van der Waals surface area (Å²) < 4.78 is 10.5. The van der Waals surface area contributed by atoms with Crippen molar-refractivity contribution in [2.24, 2.45) is 0 Å². The number of benzene rings is 1. The van der Waals surface area contributed by atoms with E-state index in [1.165, 1.54) is 16.7 Å². The molecule has 1 N–H and O–H groups in total. The van der Waals surface area contributed by atoms with Gasteiger partial charge >= 0.3 is 6.01 Å². The Morgan fingerprint density at radius 3 is 2.64 bits per heavy atom. The summed E-state index contributed by atoms with van der Waals surface area (Å²) in [6.07, 6.45) is 4.25. The molecule has 0 bridgehead atoms. The molecule has 0 spiro atoms. The number of aromatic amines is 1. The van der Waals surface area contributed by atoms with E-state index >= 15 is 0 Å². The van der Waals surface area contributed by atoms with E-state index in [0.717, 1.165) is 11.4 Å². The lowest BCUT2D eigenvalue weighted by Gasteiger charge is -2.19. The van der Waals surface area contributed by atoms with Crippen molar-refractivity contribution in [3.05, 3.63) is 64.9 Å². The first kappa shape index (κ1) is 17.0. The van der Waals surface area contributed by atoms with Crippen LogP contribution in [0.5, 0.6) is 11.9 Å². The molecule has 0 fully saturated rings. The van der Waals surface area contributed by atoms with Gasteiger partial charge in [0.15, 0.2) is 0 Å². The van der Waals surface area contributed by atoms with Crippen LogP contribution < -0.4 is 9.47 Å². The summed E-state index contributed by atoms with van der Waals surface area (Å²) in [5.41, 5.74) is 5.69. The van der Waals surface area contributed by atoms with Gasteiger partial charge in [0.05, 0.1) is 26.2 Å². The molecule has 1 aromatic carbocycles. The number of hydrogen-bond acceptors (Lipinski definition) is 5. The molecule has 3 rings (SSSR count). The number of methoxy groups -OCH3 is 2. The maximum absolute atomic E-state index is 5.27. The zero-order chi connectivity index (χ0) is 17.8. The smallest absolute Gasteiger partial charge is 0.319 e. The highest BCUT2D eigenvalue weighted by atomic mass is 16.5. The molecule has 1 atom stereocenters. The maximum atomic E-state index is 5.27. The van der Waals surface area contributed by atoms with Gasteiger partial charge in [-0.05, 0) is 30.5 Å². The first-order valence-corrected chi connectivity index (χ1v) is 8.12. The lowest BCUT2D eigenvalue weighted by atomic mass is 9.87. The van der Waals surface area contributed by atoms with Gasteiger partial charge in [0.1, 0.15) is 0 Å². The first-order valence-electron chi connectivity index (χ1n) is 8.12. The number of hydrogen-bond donors (Lipinski definition) is 1. The van der Waals surface area contributed by atoms with Gasteiger partial charge in [0.25, 0.3) is 0 Å². The van der Waals surface area contributed by atoms with Gasteiger partial charge in [-0.2, -0.15) is 9.97 Å². The molecule has 0 radical (unpaired) electrons. The highest BCUT2D eigenvalue weighted by Gasteiger charge is 2.20. The van der Waals surface area contributed by atoms with Crippen LogP contribution in [0.25, 0.3) is 0 Å². The van der Waals surface area contributed by atoms with Crippen LogP contribution in [0.4, 0.5) is 0 Å². The van der Waals surface area contributed by atoms with Gasteiger partial charge in [-0.15, -0.1) is 0 Å². The van der Waals surface area contributed by atoms with Crippen LogP contribution in [0.3, 0.4) is 0 Å². The first-order chi connectivity index (χ1) is 12.1. The Bertz CT molecular complexity index is 824. The molecule has 25 heavy (non-hydrogen) atoms. The second-order valence-corrected chi connectivity index (χ2v) is 5.94. The van der Waals surface area contributed by atoms with Gasteiger partial charge in [0, 0.05) is 30.3 Å². The number of aryl methyl sites for hydroxylation is 1. The third-order valence-corrected chi connectivity index (χ3v) is 4.46. The summed E-state index contributed by atoms with van der Waals surface area (Å²) >= 11 is 0. The van der Waals surface area contributed by atoms with Crippen molar-refractivity contribution in [3.63, 3.8) is 0 Å². The van der Waals surface area contributed by atoms with Crippen LogP contribution in [0, 0.1) is 13.8 Å². The van der Waals surface area contributed by atoms with Crippen molar-refractivity contribution in [2.75, 3.05) is 14.2 Å². The van der Waals surface area contributed by atoms with E-state index in [1.54, 1.807) is 20.5 Å². The molecule has 130 valence electrons. The summed E-state index contributed by atoms with van der Waals surface area (Å²) in [7, 11) is 3.14. The average molecular weight is 338 g/mol. The maximum Gasteiger partial charge on any atom is 0.319 e. The van der Waals surface area contributed by atoms with Crippen molar-refractivity contribution < 1.29 is 9.47 Å². The summed E-state index contributed by atoms with van der Waals surface area (Å²) in [6.45, 7) is 4.27. The summed E-state index contributed by atoms with van der Waals surface area (Å²) in [5, 5.41) is 0. The van der Waals surface area contributed by atoms with E-state index in [2.05, 4.69) is 52.0 Å². The summed E-state index contributed by atoms with van der Waals surface area (Å²) in [4.78, 5) is 16.1. The van der Waals surface area contributed by atoms with Crippen molar-refractivity contribution >= 4 is 0 Å². The molecule has 1 unspecified atom stereocenters. The second kappa shape index (κ2) is 7.34. The van der Waals surface area contributed by atoms with Crippen LogP contribution in [0.1, 0.15) is 34.0 Å². The number of H-pyrrole nitrogens is 1. The second-order valence-electron chi connectivity index (χ2n) is 5.94. The van der Waals surface area contributed by atoms with Crippen molar-refractivity contribution in [2.45, 2.75) is 26.2 Å². The molecule has 0 saturated carbocycles. The number of nitrogens with one attached hydrogen (secondary N) is 1. The highest BCUT2D eigenvalue weighted by molar-refractivity contribution is 5.40. The Morgan fingerprint density at radius 2 is 1.96 bits per heavy atom. The highest BCUT2D eigenvalue weighted by Crippen LogP contribution is 2.31. The topological polar surface area (TPSA) is 72.9 Å².